The van der Waals surface area contributed by atoms with Crippen LogP contribution < -0.4 is 5.73 Å². The van der Waals surface area contributed by atoms with E-state index in [1.165, 1.54) is 11.1 Å². The molecule has 0 radical (unpaired) electrons. The third-order valence-corrected chi connectivity index (χ3v) is 5.31. The van der Waals surface area contributed by atoms with Crippen molar-refractivity contribution in [3.05, 3.63) is 58.5 Å². The Balaban J connectivity index is 1.73. The van der Waals surface area contributed by atoms with Crippen LogP contribution in [0, 0.1) is 0 Å². The highest BCUT2D eigenvalue weighted by Gasteiger charge is 2.28. The number of primary amides is 1. The maximum absolute atomic E-state index is 11.6. The molecule has 0 fully saturated rings. The lowest BCUT2D eigenvalue weighted by Crippen LogP contribution is -2.44. The number of hydrogen-bond donors (Lipinski definition) is 1. The minimum Gasteiger partial charge on any atom is -0.455 e. The van der Waals surface area contributed by atoms with Crippen LogP contribution in [0.4, 0.5) is 0 Å². The average molecular weight is 370 g/mol. The molecule has 1 atom stereocenters. The summed E-state index contributed by atoms with van der Waals surface area (Å²) in [5.74, 6) is 0.565. The van der Waals surface area contributed by atoms with Crippen molar-refractivity contribution in [1.29, 1.82) is 0 Å². The normalized spacial score (nSPS) is 17.9. The molecule has 5 heteroatoms. The molecule has 5 nitrogen and oxygen atoms in total. The lowest BCUT2D eigenvalue weighted by Gasteiger charge is -2.36. The molecule has 1 aromatic carbocycles. The van der Waals surface area contributed by atoms with Crippen molar-refractivity contribution in [3.63, 3.8) is 0 Å². The van der Waals surface area contributed by atoms with E-state index in [0.29, 0.717) is 6.04 Å². The fourth-order valence-corrected chi connectivity index (χ4v) is 3.94. The van der Waals surface area contributed by atoms with E-state index >= 15 is 0 Å². The van der Waals surface area contributed by atoms with Crippen molar-refractivity contribution < 1.29 is 9.21 Å². The fraction of sp³-hybridized carbons (Fsp3) is 0.500. The molecule has 1 unspecified atom stereocenters. The number of rotatable bonds is 5. The summed E-state index contributed by atoms with van der Waals surface area (Å²) in [5, 5.41) is 0. The van der Waals surface area contributed by atoms with Crippen LogP contribution in [0.15, 0.2) is 34.7 Å². The van der Waals surface area contributed by atoms with E-state index in [-0.39, 0.29) is 11.2 Å². The number of carbonyl (C=O) groups excluding carboxylic acids is 1. The zero-order valence-corrected chi connectivity index (χ0v) is 17.1. The summed E-state index contributed by atoms with van der Waals surface area (Å²) in [6.45, 7) is 8.93. The first-order valence-corrected chi connectivity index (χ1v) is 9.53. The summed E-state index contributed by atoms with van der Waals surface area (Å²) in [4.78, 5) is 16.3. The van der Waals surface area contributed by atoms with E-state index in [0.717, 1.165) is 37.4 Å². The third kappa shape index (κ3) is 4.42. The molecule has 27 heavy (non-hydrogen) atoms. The Bertz CT molecular complexity index is 819. The van der Waals surface area contributed by atoms with E-state index in [9.17, 15) is 4.79 Å². The molecule has 0 spiro atoms. The largest absolute Gasteiger partial charge is 0.455 e. The number of hydrogen-bond acceptors (Lipinski definition) is 4. The quantitative estimate of drug-likeness (QED) is 0.879. The van der Waals surface area contributed by atoms with Gasteiger partial charge in [-0.05, 0) is 37.7 Å². The zero-order valence-electron chi connectivity index (χ0n) is 17.1. The first kappa shape index (κ1) is 19.6. The zero-order chi connectivity index (χ0) is 19.8. The second kappa shape index (κ2) is 7.49. The lowest BCUT2D eigenvalue weighted by molar-refractivity contribution is 0.0970. The van der Waals surface area contributed by atoms with Crippen LogP contribution in [0.25, 0.3) is 0 Å². The van der Waals surface area contributed by atoms with Gasteiger partial charge in [0.2, 0.25) is 0 Å². The minimum atomic E-state index is -0.516. The lowest BCUT2D eigenvalue weighted by atomic mass is 9.90. The topological polar surface area (TPSA) is 62.7 Å². The van der Waals surface area contributed by atoms with Gasteiger partial charge in [-0.3, -0.25) is 9.69 Å². The van der Waals surface area contributed by atoms with Gasteiger partial charge in [-0.15, -0.1) is 0 Å². The van der Waals surface area contributed by atoms with Gasteiger partial charge in [-0.2, -0.15) is 0 Å². The van der Waals surface area contributed by atoms with Crippen LogP contribution in [0.5, 0.6) is 0 Å². The number of amides is 1. The Hall–Kier alpha value is -2.11. The van der Waals surface area contributed by atoms with E-state index in [1.807, 2.05) is 0 Å². The molecule has 0 saturated carbocycles. The van der Waals surface area contributed by atoms with Crippen LogP contribution in [0.1, 0.15) is 53.8 Å². The summed E-state index contributed by atoms with van der Waals surface area (Å²) in [7, 11) is 4.32. The summed E-state index contributed by atoms with van der Waals surface area (Å²) < 4.78 is 5.79. The minimum absolute atomic E-state index is 0.176. The Morgan fingerprint density at radius 3 is 2.59 bits per heavy atom. The Morgan fingerprint density at radius 1 is 1.30 bits per heavy atom. The summed E-state index contributed by atoms with van der Waals surface area (Å²) in [5.41, 5.74) is 9.17. The van der Waals surface area contributed by atoms with Gasteiger partial charge in [0, 0.05) is 36.7 Å². The molecule has 2 heterocycles. The van der Waals surface area contributed by atoms with Crippen LogP contribution in [0.3, 0.4) is 0 Å². The molecule has 1 amide bonds. The Kier molecular flexibility index (Phi) is 5.45. The molecule has 0 aliphatic carbocycles. The van der Waals surface area contributed by atoms with Gasteiger partial charge in [0.1, 0.15) is 5.76 Å². The second-order valence-corrected chi connectivity index (χ2v) is 8.82. The average Bonchev–Trinajstić information content (AvgIpc) is 3.00. The first-order chi connectivity index (χ1) is 12.6. The van der Waals surface area contributed by atoms with Crippen molar-refractivity contribution in [2.45, 2.75) is 51.7 Å². The predicted octanol–water partition coefficient (Wildman–Crippen LogP) is 3.16. The number of carbonyl (C=O) groups is 1. The second-order valence-electron chi connectivity index (χ2n) is 8.82. The van der Waals surface area contributed by atoms with Crippen molar-refractivity contribution >= 4 is 5.91 Å². The molecule has 3 rings (SSSR count). The van der Waals surface area contributed by atoms with E-state index in [2.05, 4.69) is 68.9 Å². The summed E-state index contributed by atoms with van der Waals surface area (Å²) in [6.07, 6.45) is 1.06. The maximum Gasteiger partial charge on any atom is 0.284 e. The number of furan rings is 1. The van der Waals surface area contributed by atoms with Crippen molar-refractivity contribution in [2.24, 2.45) is 5.73 Å². The van der Waals surface area contributed by atoms with Crippen molar-refractivity contribution in [3.8, 4) is 0 Å². The molecule has 0 saturated heterocycles. The molecule has 0 bridgehead atoms. The van der Waals surface area contributed by atoms with Gasteiger partial charge in [-0.1, -0.05) is 45.0 Å². The number of likely N-dealkylation sites (N-methyl/N-ethyl adjacent to an activating group) is 2. The Morgan fingerprint density at radius 2 is 1.96 bits per heavy atom. The van der Waals surface area contributed by atoms with E-state index in [4.69, 9.17) is 10.2 Å². The van der Waals surface area contributed by atoms with Gasteiger partial charge in [0.05, 0.1) is 0 Å². The van der Waals surface area contributed by atoms with Crippen molar-refractivity contribution in [2.75, 3.05) is 20.6 Å². The summed E-state index contributed by atoms with van der Waals surface area (Å²) >= 11 is 0. The third-order valence-electron chi connectivity index (χ3n) is 5.31. The molecule has 1 aromatic heterocycles. The standard InChI is InChI=1S/C22H31N3O2/c1-22(2,3)20-17(11-19(27-20)21(23)26)12-24(4)14-18-10-15-8-6-7-9-16(15)13-25(18)5/h6-9,11,18H,10,12-14H2,1-5H3,(H2,23,26). The van der Waals surface area contributed by atoms with Crippen LogP contribution in [-0.2, 0) is 24.9 Å². The fourth-order valence-electron chi connectivity index (χ4n) is 3.94. The molecule has 1 aliphatic rings. The van der Waals surface area contributed by atoms with E-state index in [1.54, 1.807) is 6.07 Å². The van der Waals surface area contributed by atoms with Crippen molar-refractivity contribution in [1.82, 2.24) is 9.80 Å². The molecule has 1 aliphatic heterocycles. The Labute approximate surface area is 162 Å². The van der Waals surface area contributed by atoms with Gasteiger partial charge < -0.3 is 15.1 Å². The molecule has 2 aromatic rings. The monoisotopic (exact) mass is 369 g/mol. The number of benzene rings is 1. The number of nitrogens with zero attached hydrogens (tertiary/aromatic N) is 2. The number of fused-ring (bicyclic) bond motifs is 1. The summed E-state index contributed by atoms with van der Waals surface area (Å²) in [6, 6.07) is 11.0. The maximum atomic E-state index is 11.6. The van der Waals surface area contributed by atoms with Crippen LogP contribution >= 0.6 is 0 Å². The van der Waals surface area contributed by atoms with Crippen LogP contribution in [0.2, 0.25) is 0 Å². The van der Waals surface area contributed by atoms with Gasteiger partial charge in [-0.25, -0.2) is 0 Å². The molecular formula is C22H31N3O2. The number of nitrogens with two attached hydrogens (primary N) is 1. The molecular weight excluding hydrogens is 338 g/mol. The first-order valence-electron chi connectivity index (χ1n) is 9.53. The molecule has 2 N–H and O–H groups in total. The smallest absolute Gasteiger partial charge is 0.284 e. The highest BCUT2D eigenvalue weighted by atomic mass is 16.4. The highest BCUT2D eigenvalue weighted by Crippen LogP contribution is 2.30. The highest BCUT2D eigenvalue weighted by molar-refractivity contribution is 5.90. The predicted molar refractivity (Wildman–Crippen MR) is 108 cm³/mol. The van der Waals surface area contributed by atoms with E-state index < -0.39 is 5.91 Å². The van der Waals surface area contributed by atoms with Gasteiger partial charge in [0.15, 0.2) is 5.76 Å². The SMILES string of the molecule is CN(Cc1cc(C(N)=O)oc1C(C)(C)C)CC1Cc2ccccc2CN1C. The van der Waals surface area contributed by atoms with Crippen LogP contribution in [-0.4, -0.2) is 42.4 Å². The van der Waals surface area contributed by atoms with Gasteiger partial charge in [0.25, 0.3) is 5.91 Å². The van der Waals surface area contributed by atoms with Gasteiger partial charge >= 0.3 is 0 Å². The molecule has 146 valence electrons.